The van der Waals surface area contributed by atoms with Crippen LogP contribution in [-0.2, 0) is 0 Å². The van der Waals surface area contributed by atoms with Crippen molar-refractivity contribution in [1.29, 1.82) is 0 Å². The van der Waals surface area contributed by atoms with E-state index in [-0.39, 0.29) is 0 Å². The van der Waals surface area contributed by atoms with E-state index in [0.29, 0.717) is 11.3 Å². The molecule has 0 atom stereocenters. The van der Waals surface area contributed by atoms with Gasteiger partial charge in [0.1, 0.15) is 0 Å². The first-order chi connectivity index (χ1) is 36.7. The summed E-state index contributed by atoms with van der Waals surface area (Å²) in [6.07, 6.45) is 1.86. The minimum Gasteiger partial charge on any atom is -0.278 e. The third-order valence-electron chi connectivity index (χ3n) is 14.4. The van der Waals surface area contributed by atoms with E-state index in [4.69, 9.17) is 19.9 Å². The second kappa shape index (κ2) is 16.7. The van der Waals surface area contributed by atoms with Gasteiger partial charge in [-0.2, -0.15) is 4.98 Å². The van der Waals surface area contributed by atoms with Crippen LogP contribution in [0.1, 0.15) is 0 Å². The average Bonchev–Trinajstić information content (AvgIpc) is 4.24. The largest absolute Gasteiger partial charge is 0.278 e. The van der Waals surface area contributed by atoms with Gasteiger partial charge >= 0.3 is 0 Å². The highest BCUT2D eigenvalue weighted by Gasteiger charge is 2.26. The van der Waals surface area contributed by atoms with E-state index in [9.17, 15) is 0 Å². The lowest BCUT2D eigenvalue weighted by Gasteiger charge is -2.24. The number of benzene rings is 10. The summed E-state index contributed by atoms with van der Waals surface area (Å²) in [5.74, 6) is 1.58. The van der Waals surface area contributed by atoms with Crippen LogP contribution in [-0.4, -0.2) is 37.9 Å². The maximum Gasteiger partial charge on any atom is 0.223 e. The summed E-state index contributed by atoms with van der Waals surface area (Å²) in [5.41, 5.74) is 22.6. The van der Waals surface area contributed by atoms with Crippen molar-refractivity contribution in [1.82, 2.24) is 37.9 Å². The van der Waals surface area contributed by atoms with Gasteiger partial charge in [0, 0.05) is 16.9 Å². The van der Waals surface area contributed by atoms with Crippen LogP contribution in [0, 0.1) is 0 Å². The fourth-order valence-corrected chi connectivity index (χ4v) is 11.2. The van der Waals surface area contributed by atoms with Crippen molar-refractivity contribution in [3.05, 3.63) is 255 Å². The summed E-state index contributed by atoms with van der Waals surface area (Å²) in [6.45, 7) is 0. The summed E-state index contributed by atoms with van der Waals surface area (Å²) < 4.78 is 8.86. The number of fused-ring (bicyclic) bond motifs is 10. The highest BCUT2D eigenvalue weighted by molar-refractivity contribution is 6.08. The summed E-state index contributed by atoms with van der Waals surface area (Å²) in [5, 5.41) is 0. The Balaban J connectivity index is 0.927. The molecule has 0 spiro atoms. The van der Waals surface area contributed by atoms with Gasteiger partial charge < -0.3 is 0 Å². The number of para-hydroxylation sites is 5. The Hall–Kier alpha value is -10.2. The highest BCUT2D eigenvalue weighted by atomic mass is 15.2. The quantitative estimate of drug-likeness (QED) is 0.152. The Morgan fingerprint density at radius 3 is 1.42 bits per heavy atom. The van der Waals surface area contributed by atoms with Crippen molar-refractivity contribution in [3.63, 3.8) is 0 Å². The molecule has 0 saturated carbocycles. The van der Waals surface area contributed by atoms with Gasteiger partial charge in [0.15, 0.2) is 11.3 Å². The van der Waals surface area contributed by atoms with Crippen molar-refractivity contribution in [2.24, 2.45) is 0 Å². The zero-order chi connectivity index (χ0) is 48.7. The standard InChI is InChI=1S/C66H42N8/c1-6-21-43(22-7-1)51-41-52(44-23-8-2-9-24-44)61(62(46-27-12-4-13-28-46)60(51)45-25-10-3-11-26-45)48-29-20-32-50(39-48)72-55-33-16-18-35-57(55)73-59-40-47(37-38-53(59)69-65(72)73)54-42-67-64-63(68-54)70-66-71(49-30-14-5-15-31-49)56-34-17-19-36-58(56)74(64)66/h1-42H. The van der Waals surface area contributed by atoms with E-state index in [1.165, 1.54) is 16.7 Å². The molecule has 0 N–H and O–H groups in total. The molecule has 0 aliphatic carbocycles. The van der Waals surface area contributed by atoms with Gasteiger partial charge in [-0.3, -0.25) is 17.9 Å². The minimum absolute atomic E-state index is 0.583. The Morgan fingerprint density at radius 2 is 0.784 bits per heavy atom. The molecule has 346 valence electrons. The molecule has 15 aromatic rings. The van der Waals surface area contributed by atoms with Crippen LogP contribution in [0.4, 0.5) is 0 Å². The number of nitrogens with zero attached hydrogens (tertiary/aromatic N) is 8. The molecule has 0 amide bonds. The predicted octanol–water partition coefficient (Wildman–Crippen LogP) is 16.0. The molecule has 15 rings (SSSR count). The maximum absolute atomic E-state index is 5.41. The molecule has 8 heteroatoms. The van der Waals surface area contributed by atoms with E-state index in [2.05, 4.69) is 248 Å². The number of rotatable bonds is 8. The lowest BCUT2D eigenvalue weighted by atomic mass is 9.79. The minimum atomic E-state index is 0.583. The number of hydrogen-bond donors (Lipinski definition) is 0. The van der Waals surface area contributed by atoms with E-state index >= 15 is 0 Å². The molecule has 5 aromatic heterocycles. The van der Waals surface area contributed by atoms with Gasteiger partial charge in [-0.25, -0.2) is 15.0 Å². The summed E-state index contributed by atoms with van der Waals surface area (Å²) in [4.78, 5) is 20.8. The molecule has 0 radical (unpaired) electrons. The van der Waals surface area contributed by atoms with Gasteiger partial charge in [0.25, 0.3) is 0 Å². The molecule has 0 unspecified atom stereocenters. The Kier molecular flexibility index (Phi) is 9.40. The third-order valence-corrected chi connectivity index (χ3v) is 14.4. The lowest BCUT2D eigenvalue weighted by molar-refractivity contribution is 1.10. The SMILES string of the molecule is c1ccc(-c2cc(-c3ccccc3)c(-c3cccc(-n4c5ccccc5n5c6cc(-c7cnc8c(n7)nc7n(-c9ccccc9)c9ccccc9n87)ccc6nc45)c3)c(-c3ccccc3)c2-c2ccccc2)cc1. The van der Waals surface area contributed by atoms with E-state index in [1.54, 1.807) is 0 Å². The third kappa shape index (κ3) is 6.48. The molecule has 0 fully saturated rings. The van der Waals surface area contributed by atoms with Crippen LogP contribution in [0.5, 0.6) is 0 Å². The molecular weight excluding hydrogens is 905 g/mol. The monoisotopic (exact) mass is 946 g/mol. The van der Waals surface area contributed by atoms with Crippen LogP contribution in [0.25, 0.3) is 134 Å². The van der Waals surface area contributed by atoms with Crippen LogP contribution in [0.15, 0.2) is 255 Å². The topological polar surface area (TPSA) is 70.2 Å². The van der Waals surface area contributed by atoms with Crippen molar-refractivity contribution in [2.45, 2.75) is 0 Å². The Bertz CT molecular complexity index is 4630. The average molecular weight is 947 g/mol. The van der Waals surface area contributed by atoms with Gasteiger partial charge in [-0.1, -0.05) is 182 Å². The van der Waals surface area contributed by atoms with Crippen LogP contribution in [0.2, 0.25) is 0 Å². The maximum atomic E-state index is 5.41. The Labute approximate surface area is 425 Å². The molecule has 74 heavy (non-hydrogen) atoms. The molecule has 8 nitrogen and oxygen atoms in total. The molecule has 0 bridgehead atoms. The van der Waals surface area contributed by atoms with Crippen LogP contribution >= 0.6 is 0 Å². The lowest BCUT2D eigenvalue weighted by Crippen LogP contribution is -1.99. The summed E-state index contributed by atoms with van der Waals surface area (Å²) in [7, 11) is 0. The van der Waals surface area contributed by atoms with Gasteiger partial charge in [-0.05, 0) is 122 Å². The Morgan fingerprint density at radius 1 is 0.297 bits per heavy atom. The smallest absolute Gasteiger partial charge is 0.223 e. The van der Waals surface area contributed by atoms with E-state index < -0.39 is 0 Å². The summed E-state index contributed by atoms with van der Waals surface area (Å²) in [6, 6.07) is 88.3. The molecular formula is C66H42N8. The first-order valence-corrected chi connectivity index (χ1v) is 24.9. The van der Waals surface area contributed by atoms with Crippen molar-refractivity contribution in [2.75, 3.05) is 0 Å². The summed E-state index contributed by atoms with van der Waals surface area (Å²) >= 11 is 0. The van der Waals surface area contributed by atoms with Gasteiger partial charge in [-0.15, -0.1) is 0 Å². The van der Waals surface area contributed by atoms with E-state index in [0.717, 1.165) is 106 Å². The second-order valence-electron chi connectivity index (χ2n) is 18.7. The zero-order valence-corrected chi connectivity index (χ0v) is 39.8. The number of imidazole rings is 4. The van der Waals surface area contributed by atoms with Gasteiger partial charge in [0.05, 0.1) is 45.0 Å². The van der Waals surface area contributed by atoms with Crippen LogP contribution < -0.4 is 0 Å². The number of aromatic nitrogens is 8. The first-order valence-electron chi connectivity index (χ1n) is 24.9. The zero-order valence-electron chi connectivity index (χ0n) is 39.8. The fraction of sp³-hybridized carbons (Fsp3) is 0. The number of hydrogen-bond acceptors (Lipinski definition) is 4. The molecule has 0 aliphatic heterocycles. The van der Waals surface area contributed by atoms with Crippen molar-refractivity contribution < 1.29 is 0 Å². The van der Waals surface area contributed by atoms with Crippen LogP contribution in [0.3, 0.4) is 0 Å². The van der Waals surface area contributed by atoms with E-state index in [1.807, 2.05) is 24.4 Å². The van der Waals surface area contributed by atoms with Gasteiger partial charge in [0.2, 0.25) is 11.6 Å². The normalized spacial score (nSPS) is 11.8. The molecule has 0 aliphatic rings. The molecule has 5 heterocycles. The second-order valence-corrected chi connectivity index (χ2v) is 18.7. The molecule has 0 saturated heterocycles. The highest BCUT2D eigenvalue weighted by Crippen LogP contribution is 2.50. The van der Waals surface area contributed by atoms with Crippen molar-refractivity contribution in [3.8, 4) is 78.3 Å². The fourth-order valence-electron chi connectivity index (χ4n) is 11.2. The van der Waals surface area contributed by atoms with Crippen molar-refractivity contribution >= 4 is 55.9 Å². The predicted molar refractivity (Wildman–Crippen MR) is 301 cm³/mol. The molecule has 10 aromatic carbocycles. The first kappa shape index (κ1) is 41.6.